The number of hydrogen-bond donors (Lipinski definition) is 2. The van der Waals surface area contributed by atoms with E-state index in [2.05, 4.69) is 108 Å². The first-order valence-electron chi connectivity index (χ1n) is 17.4. The van der Waals surface area contributed by atoms with Crippen molar-refractivity contribution >= 4 is 59.6 Å². The van der Waals surface area contributed by atoms with Crippen molar-refractivity contribution < 1.29 is 0 Å². The molecule has 0 aliphatic carbocycles. The van der Waals surface area contributed by atoms with Crippen molar-refractivity contribution in [1.29, 1.82) is 0 Å². The van der Waals surface area contributed by atoms with E-state index in [9.17, 15) is 0 Å². The summed E-state index contributed by atoms with van der Waals surface area (Å²) in [6.07, 6.45) is 15.9. The van der Waals surface area contributed by atoms with Gasteiger partial charge in [-0.25, -0.2) is 0 Å². The molecule has 0 bridgehead atoms. The highest BCUT2D eigenvalue weighted by atomic mass is 32.1. The summed E-state index contributed by atoms with van der Waals surface area (Å²) in [5, 5.41) is 8.85. The minimum atomic E-state index is 1.00. The maximum Gasteiger partial charge on any atom is 0.0888 e. The van der Waals surface area contributed by atoms with E-state index < -0.39 is 0 Å². The largest absolute Gasteiger partial charge is 0.377 e. The molecule has 5 heteroatoms. The van der Waals surface area contributed by atoms with Crippen LogP contribution in [0.25, 0.3) is 52.8 Å². The van der Waals surface area contributed by atoms with Gasteiger partial charge < -0.3 is 10.7 Å². The van der Waals surface area contributed by atoms with Crippen molar-refractivity contribution in [2.75, 3.05) is 23.8 Å². The van der Waals surface area contributed by atoms with Crippen LogP contribution in [0.15, 0.2) is 78.9 Å². The number of rotatable bonds is 18. The van der Waals surface area contributed by atoms with Crippen LogP contribution in [0.2, 0.25) is 0 Å². The highest BCUT2D eigenvalue weighted by molar-refractivity contribution is 7.23. The first-order chi connectivity index (χ1) is 22.2. The molecule has 6 aromatic rings. The van der Waals surface area contributed by atoms with E-state index in [-0.39, 0.29) is 0 Å². The smallest absolute Gasteiger partial charge is 0.0888 e. The van der Waals surface area contributed by atoms with E-state index in [4.69, 9.17) is 0 Å². The molecule has 0 fully saturated rings. The monoisotopic (exact) mass is 635 g/mol. The van der Waals surface area contributed by atoms with E-state index in [1.165, 1.54) is 135 Å². The fourth-order valence-electron chi connectivity index (χ4n) is 6.40. The predicted molar refractivity (Wildman–Crippen MR) is 203 cm³/mol. The second kappa shape index (κ2) is 15.8. The first-order valence-corrected chi connectivity index (χ1v) is 19.0. The van der Waals surface area contributed by atoms with E-state index in [0.29, 0.717) is 0 Å². The number of nitrogens with one attached hydrogen (secondary N) is 2. The Morgan fingerprint density at radius 2 is 1.20 bits per heavy atom. The number of fused-ring (bicyclic) bond motifs is 4. The minimum Gasteiger partial charge on any atom is -0.377 e. The van der Waals surface area contributed by atoms with Crippen molar-refractivity contribution in [1.82, 2.24) is 4.68 Å². The molecule has 0 saturated heterocycles. The Kier molecular flexibility index (Phi) is 11.1. The Morgan fingerprint density at radius 1 is 0.556 bits per heavy atom. The number of aromatic nitrogens is 1. The lowest BCUT2D eigenvalue weighted by Gasteiger charge is -2.10. The molecule has 2 N–H and O–H groups in total. The molecule has 0 unspecified atom stereocenters. The summed E-state index contributed by atoms with van der Waals surface area (Å²) in [7, 11) is 0. The van der Waals surface area contributed by atoms with Gasteiger partial charge in [0.2, 0.25) is 0 Å². The molecule has 0 amide bonds. The van der Waals surface area contributed by atoms with Crippen molar-refractivity contribution in [2.45, 2.75) is 90.9 Å². The van der Waals surface area contributed by atoms with Gasteiger partial charge in [0.25, 0.3) is 0 Å². The van der Waals surface area contributed by atoms with Gasteiger partial charge in [-0.3, -0.25) is 4.68 Å². The van der Waals surface area contributed by atoms with Crippen LogP contribution in [0.1, 0.15) is 90.9 Å². The molecule has 0 atom stereocenters. The van der Waals surface area contributed by atoms with Crippen LogP contribution in [0.5, 0.6) is 0 Å². The Labute approximate surface area is 277 Å². The number of para-hydroxylation sites is 1. The molecule has 3 aromatic heterocycles. The van der Waals surface area contributed by atoms with Gasteiger partial charge >= 0.3 is 0 Å². The van der Waals surface area contributed by atoms with Crippen molar-refractivity contribution in [2.24, 2.45) is 0 Å². The van der Waals surface area contributed by atoms with Gasteiger partial charge in [-0.2, -0.15) is 0 Å². The topological polar surface area (TPSA) is 29.0 Å². The molecule has 0 saturated carbocycles. The van der Waals surface area contributed by atoms with Crippen LogP contribution in [0.3, 0.4) is 0 Å². The van der Waals surface area contributed by atoms with E-state index in [0.717, 1.165) is 13.1 Å². The van der Waals surface area contributed by atoms with Gasteiger partial charge in [-0.15, -0.1) is 22.7 Å². The predicted octanol–water partition coefficient (Wildman–Crippen LogP) is 13.1. The molecule has 236 valence electrons. The fourth-order valence-corrected chi connectivity index (χ4v) is 8.50. The Morgan fingerprint density at radius 3 is 1.93 bits per heavy atom. The maximum atomic E-state index is 3.76. The third kappa shape index (κ3) is 7.76. The number of unbranched alkanes of at least 4 members (excludes halogenated alkanes) is 10. The third-order valence-corrected chi connectivity index (χ3v) is 11.3. The number of benzene rings is 3. The molecule has 3 nitrogen and oxygen atoms in total. The number of thiophene rings is 2. The normalized spacial score (nSPS) is 11.7. The van der Waals surface area contributed by atoms with Crippen molar-refractivity contribution in [3.05, 3.63) is 78.9 Å². The molecule has 0 aliphatic rings. The van der Waals surface area contributed by atoms with Gasteiger partial charge in [-0.1, -0.05) is 121 Å². The summed E-state index contributed by atoms with van der Waals surface area (Å²) < 4.78 is 3.70. The van der Waals surface area contributed by atoms with Crippen molar-refractivity contribution in [3.63, 3.8) is 0 Å². The number of nitrogens with zero attached hydrogens (tertiary/aromatic N) is 1. The van der Waals surface area contributed by atoms with E-state index in [1.54, 1.807) is 0 Å². The average Bonchev–Trinajstić information content (AvgIpc) is 3.79. The van der Waals surface area contributed by atoms with Gasteiger partial charge in [0.1, 0.15) is 0 Å². The lowest BCUT2D eigenvalue weighted by molar-refractivity contribution is 0.610. The summed E-state index contributed by atoms with van der Waals surface area (Å²) in [6.45, 7) is 6.63. The standard InChI is InChI=1S/C40H49N3S2/c1-3-5-7-9-11-15-25-41-39-24-23-37(44-39)32-21-19-31-28-33(22-20-30(31)27-32)38-29-36-40(45-38)34-17-13-14-18-35(34)43(36)42-26-16-12-10-8-6-4-2/h13-14,17-24,27-29,41-42H,3-12,15-16,25-26H2,1-2H3. The zero-order chi connectivity index (χ0) is 30.8. The van der Waals surface area contributed by atoms with Crippen molar-refractivity contribution in [3.8, 4) is 20.9 Å². The average molecular weight is 636 g/mol. The number of anilines is 1. The summed E-state index contributed by atoms with van der Waals surface area (Å²) >= 11 is 3.78. The highest BCUT2D eigenvalue weighted by Gasteiger charge is 2.15. The van der Waals surface area contributed by atoms with Crippen LogP contribution in [0.4, 0.5) is 5.00 Å². The summed E-state index contributed by atoms with van der Waals surface area (Å²) in [5.74, 6) is 0. The highest BCUT2D eigenvalue weighted by Crippen LogP contribution is 2.40. The molecular weight excluding hydrogens is 587 g/mol. The second-order valence-corrected chi connectivity index (χ2v) is 14.6. The van der Waals surface area contributed by atoms with Crippen LogP contribution in [-0.2, 0) is 0 Å². The minimum absolute atomic E-state index is 1.00. The molecule has 0 radical (unpaired) electrons. The molecule has 3 aromatic carbocycles. The Hall–Kier alpha value is -3.28. The van der Waals surface area contributed by atoms with Crippen LogP contribution in [-0.4, -0.2) is 17.8 Å². The summed E-state index contributed by atoms with van der Waals surface area (Å²) in [5.41, 5.74) is 8.92. The molecular formula is C40H49N3S2. The van der Waals surface area contributed by atoms with Gasteiger partial charge in [0, 0.05) is 28.2 Å². The first kappa shape index (κ1) is 31.7. The van der Waals surface area contributed by atoms with Crippen LogP contribution in [0, 0.1) is 0 Å². The summed E-state index contributed by atoms with van der Waals surface area (Å²) in [6, 6.07) is 29.6. The molecule has 3 heterocycles. The van der Waals surface area contributed by atoms with Gasteiger partial charge in [-0.05, 0) is 71.1 Å². The quantitative estimate of drug-likeness (QED) is 0.0920. The fraction of sp³-hybridized carbons (Fsp3) is 0.400. The lowest BCUT2D eigenvalue weighted by Crippen LogP contribution is -2.15. The molecule has 6 rings (SSSR count). The second-order valence-electron chi connectivity index (χ2n) is 12.5. The molecule has 45 heavy (non-hydrogen) atoms. The number of hydrogen-bond acceptors (Lipinski definition) is 4. The Bertz CT molecular complexity index is 1810. The van der Waals surface area contributed by atoms with E-state index >= 15 is 0 Å². The third-order valence-electron chi connectivity index (χ3n) is 8.99. The zero-order valence-electron chi connectivity index (χ0n) is 27.2. The SMILES string of the molecule is CCCCCCCCNc1ccc(-c2ccc3cc(-c4cc5c(s4)c4ccccc4n5NCCCCCCCC)ccc3c2)s1. The van der Waals surface area contributed by atoms with Crippen LogP contribution >= 0.6 is 22.7 Å². The molecule has 0 aliphatic heterocycles. The maximum absolute atomic E-state index is 3.76. The van der Waals surface area contributed by atoms with Crippen LogP contribution < -0.4 is 10.7 Å². The van der Waals surface area contributed by atoms with E-state index in [1.807, 2.05) is 22.7 Å². The summed E-state index contributed by atoms with van der Waals surface area (Å²) in [4.78, 5) is 2.65. The zero-order valence-corrected chi connectivity index (χ0v) is 28.8. The Balaban J connectivity index is 1.14. The molecule has 0 spiro atoms. The lowest BCUT2D eigenvalue weighted by atomic mass is 10.0. The van der Waals surface area contributed by atoms with Gasteiger partial charge in [0.15, 0.2) is 0 Å². The van der Waals surface area contributed by atoms with Gasteiger partial charge in [0.05, 0.1) is 20.7 Å².